The normalized spacial score (nSPS) is 20.3. The van der Waals surface area contributed by atoms with Crippen molar-refractivity contribution in [3.8, 4) is 11.1 Å². The van der Waals surface area contributed by atoms with E-state index in [1.807, 2.05) is 6.07 Å². The van der Waals surface area contributed by atoms with Gasteiger partial charge in [0.2, 0.25) is 0 Å². The predicted molar refractivity (Wildman–Crippen MR) is 103 cm³/mol. The molecular formula is C23H27F4N. The van der Waals surface area contributed by atoms with Gasteiger partial charge in [0.15, 0.2) is 0 Å². The van der Waals surface area contributed by atoms with Gasteiger partial charge in [-0.05, 0) is 42.4 Å². The molecule has 28 heavy (non-hydrogen) atoms. The first-order valence-electron chi connectivity index (χ1n) is 10.2. The smallest absolute Gasteiger partial charge is 0.251 e. The largest absolute Gasteiger partial charge is 0.433 e. The Kier molecular flexibility index (Phi) is 6.73. The number of hydrogen-bond acceptors (Lipinski definition) is 1. The number of halogens is 4. The number of pyridine rings is 1. The Morgan fingerprint density at radius 3 is 2.18 bits per heavy atom. The fourth-order valence-corrected chi connectivity index (χ4v) is 4.26. The lowest BCUT2D eigenvalue weighted by Gasteiger charge is -2.28. The van der Waals surface area contributed by atoms with Gasteiger partial charge < -0.3 is 0 Å². The number of hydrogen-bond donors (Lipinski definition) is 0. The molecule has 2 aromatic rings. The Bertz CT molecular complexity index is 759. The predicted octanol–water partition coefficient (Wildman–Crippen LogP) is 7.45. The van der Waals surface area contributed by atoms with E-state index in [4.69, 9.17) is 0 Å². The molecule has 0 saturated heterocycles. The molecule has 1 heterocycles. The highest BCUT2D eigenvalue weighted by Crippen LogP contribution is 2.34. The van der Waals surface area contributed by atoms with Crippen LogP contribution in [0.15, 0.2) is 36.5 Å². The standard InChI is InChI=1S/C23H27F4N/c1-2-3-16-4-6-17(7-5-16)8-9-18-10-12-20(21(24)14-18)19-11-13-22(28-15-19)23(25,26)27/h10-17H,2-9H2,1H3. The fourth-order valence-electron chi connectivity index (χ4n) is 4.26. The summed E-state index contributed by atoms with van der Waals surface area (Å²) in [6, 6.07) is 7.18. The summed E-state index contributed by atoms with van der Waals surface area (Å²) < 4.78 is 52.4. The van der Waals surface area contributed by atoms with Gasteiger partial charge in [0.25, 0.3) is 0 Å². The molecule has 0 aliphatic heterocycles. The Balaban J connectivity index is 1.58. The zero-order valence-electron chi connectivity index (χ0n) is 16.2. The SMILES string of the molecule is CCCC1CCC(CCc2ccc(-c3ccc(C(F)(F)F)nc3)c(F)c2)CC1. The van der Waals surface area contributed by atoms with Gasteiger partial charge in [-0.2, -0.15) is 13.2 Å². The van der Waals surface area contributed by atoms with E-state index < -0.39 is 17.7 Å². The molecule has 5 heteroatoms. The van der Waals surface area contributed by atoms with E-state index in [1.165, 1.54) is 50.7 Å². The molecule has 0 amide bonds. The van der Waals surface area contributed by atoms with Gasteiger partial charge in [0.05, 0.1) is 0 Å². The van der Waals surface area contributed by atoms with Crippen LogP contribution in [0.3, 0.4) is 0 Å². The van der Waals surface area contributed by atoms with E-state index in [0.717, 1.165) is 42.5 Å². The van der Waals surface area contributed by atoms with Crippen LogP contribution in [-0.4, -0.2) is 4.98 Å². The zero-order chi connectivity index (χ0) is 20.1. The number of aromatic nitrogens is 1. The van der Waals surface area contributed by atoms with Crippen LogP contribution in [0.25, 0.3) is 11.1 Å². The van der Waals surface area contributed by atoms with Crippen molar-refractivity contribution < 1.29 is 17.6 Å². The van der Waals surface area contributed by atoms with Crippen LogP contribution in [0.1, 0.15) is 63.1 Å². The minimum atomic E-state index is -4.49. The quantitative estimate of drug-likeness (QED) is 0.465. The first-order valence-corrected chi connectivity index (χ1v) is 10.2. The van der Waals surface area contributed by atoms with E-state index >= 15 is 0 Å². The monoisotopic (exact) mass is 393 g/mol. The number of benzene rings is 1. The lowest BCUT2D eigenvalue weighted by atomic mass is 9.78. The third-order valence-corrected chi connectivity index (χ3v) is 5.90. The zero-order valence-corrected chi connectivity index (χ0v) is 16.2. The molecular weight excluding hydrogens is 366 g/mol. The second kappa shape index (κ2) is 9.06. The highest BCUT2D eigenvalue weighted by Gasteiger charge is 2.32. The van der Waals surface area contributed by atoms with Crippen molar-refractivity contribution in [1.82, 2.24) is 4.98 Å². The third-order valence-electron chi connectivity index (χ3n) is 5.90. The number of rotatable bonds is 6. The van der Waals surface area contributed by atoms with Crippen molar-refractivity contribution in [3.05, 3.63) is 53.6 Å². The number of nitrogens with zero attached hydrogens (tertiary/aromatic N) is 1. The Labute approximate surface area is 164 Å². The van der Waals surface area contributed by atoms with Gasteiger partial charge in [0, 0.05) is 17.3 Å². The second-order valence-electron chi connectivity index (χ2n) is 7.96. The van der Waals surface area contributed by atoms with Crippen LogP contribution in [0.5, 0.6) is 0 Å². The first-order chi connectivity index (χ1) is 13.4. The van der Waals surface area contributed by atoms with Crippen LogP contribution in [0.4, 0.5) is 17.6 Å². The van der Waals surface area contributed by atoms with Gasteiger partial charge in [-0.25, -0.2) is 4.39 Å². The first kappa shape index (κ1) is 20.8. The van der Waals surface area contributed by atoms with E-state index in [0.29, 0.717) is 5.56 Å². The third kappa shape index (κ3) is 5.33. The Morgan fingerprint density at radius 1 is 0.964 bits per heavy atom. The van der Waals surface area contributed by atoms with E-state index in [-0.39, 0.29) is 5.56 Å². The molecule has 1 nitrogen and oxygen atoms in total. The lowest BCUT2D eigenvalue weighted by molar-refractivity contribution is -0.141. The number of aryl methyl sites for hydroxylation is 1. The van der Waals surface area contributed by atoms with Crippen molar-refractivity contribution >= 4 is 0 Å². The van der Waals surface area contributed by atoms with Crippen molar-refractivity contribution in [2.24, 2.45) is 11.8 Å². The summed E-state index contributed by atoms with van der Waals surface area (Å²) in [5.74, 6) is 1.19. The van der Waals surface area contributed by atoms with E-state index in [9.17, 15) is 17.6 Å². The van der Waals surface area contributed by atoms with Gasteiger partial charge in [-0.3, -0.25) is 4.98 Å². The summed E-state index contributed by atoms with van der Waals surface area (Å²) in [4.78, 5) is 3.41. The molecule has 0 atom stereocenters. The van der Waals surface area contributed by atoms with E-state index in [2.05, 4.69) is 11.9 Å². The van der Waals surface area contributed by atoms with Crippen molar-refractivity contribution in [1.29, 1.82) is 0 Å². The van der Waals surface area contributed by atoms with Crippen LogP contribution < -0.4 is 0 Å². The molecule has 152 valence electrons. The molecule has 0 radical (unpaired) electrons. The van der Waals surface area contributed by atoms with Crippen molar-refractivity contribution in [2.45, 2.75) is 64.5 Å². The molecule has 1 aromatic carbocycles. The molecule has 0 N–H and O–H groups in total. The summed E-state index contributed by atoms with van der Waals surface area (Å²) in [5.41, 5.74) is 0.607. The maximum absolute atomic E-state index is 14.5. The van der Waals surface area contributed by atoms with Crippen LogP contribution in [0.2, 0.25) is 0 Å². The molecule has 1 aromatic heterocycles. The van der Waals surface area contributed by atoms with Crippen molar-refractivity contribution in [3.63, 3.8) is 0 Å². The molecule has 0 bridgehead atoms. The maximum atomic E-state index is 14.5. The molecule has 1 aliphatic rings. The minimum absolute atomic E-state index is 0.282. The molecule has 1 saturated carbocycles. The van der Waals surface area contributed by atoms with Crippen LogP contribution >= 0.6 is 0 Å². The molecule has 0 spiro atoms. The van der Waals surface area contributed by atoms with E-state index in [1.54, 1.807) is 6.07 Å². The highest BCUT2D eigenvalue weighted by molar-refractivity contribution is 5.63. The minimum Gasteiger partial charge on any atom is -0.251 e. The van der Waals surface area contributed by atoms with Crippen LogP contribution in [0, 0.1) is 17.7 Å². The summed E-state index contributed by atoms with van der Waals surface area (Å²) >= 11 is 0. The van der Waals surface area contributed by atoms with Gasteiger partial charge >= 0.3 is 6.18 Å². The molecule has 3 rings (SSSR count). The summed E-state index contributed by atoms with van der Waals surface area (Å²) in [7, 11) is 0. The highest BCUT2D eigenvalue weighted by atomic mass is 19.4. The van der Waals surface area contributed by atoms with Crippen LogP contribution in [-0.2, 0) is 12.6 Å². The average molecular weight is 393 g/mol. The van der Waals surface area contributed by atoms with Gasteiger partial charge in [0.1, 0.15) is 11.5 Å². The maximum Gasteiger partial charge on any atom is 0.433 e. The van der Waals surface area contributed by atoms with Gasteiger partial charge in [-0.15, -0.1) is 0 Å². The lowest BCUT2D eigenvalue weighted by Crippen LogP contribution is -2.15. The summed E-state index contributed by atoms with van der Waals surface area (Å²) in [5, 5.41) is 0. The topological polar surface area (TPSA) is 12.9 Å². The molecule has 1 fully saturated rings. The Hall–Kier alpha value is -1.91. The summed E-state index contributed by atoms with van der Waals surface area (Å²) in [6.07, 6.45) is 6.25. The average Bonchev–Trinajstić information content (AvgIpc) is 2.67. The Morgan fingerprint density at radius 2 is 1.64 bits per heavy atom. The fraction of sp³-hybridized carbons (Fsp3) is 0.522. The molecule has 0 unspecified atom stereocenters. The van der Waals surface area contributed by atoms with Crippen molar-refractivity contribution in [2.75, 3.05) is 0 Å². The van der Waals surface area contributed by atoms with Gasteiger partial charge in [-0.1, -0.05) is 63.6 Å². The number of alkyl halides is 3. The summed E-state index contributed by atoms with van der Waals surface area (Å²) in [6.45, 7) is 2.24. The molecule has 1 aliphatic carbocycles. The second-order valence-corrected chi connectivity index (χ2v) is 7.96.